The molecular formula is C56H31N5S. The minimum atomic E-state index is 0.668. The molecule has 0 aliphatic carbocycles. The van der Waals surface area contributed by atoms with E-state index < -0.39 is 0 Å². The lowest BCUT2D eigenvalue weighted by Crippen LogP contribution is -2.02. The first kappa shape index (κ1) is 32.8. The van der Waals surface area contributed by atoms with E-state index in [0.717, 1.165) is 43.7 Å². The van der Waals surface area contributed by atoms with Gasteiger partial charge in [0.2, 0.25) is 5.95 Å². The molecule has 0 radical (unpaired) electrons. The third-order valence-electron chi connectivity index (χ3n) is 13.4. The maximum Gasteiger partial charge on any atom is 0.236 e. The van der Waals surface area contributed by atoms with E-state index in [-0.39, 0.29) is 0 Å². The fourth-order valence-corrected chi connectivity index (χ4v) is 11.9. The summed E-state index contributed by atoms with van der Waals surface area (Å²) in [7, 11) is 0. The summed E-state index contributed by atoms with van der Waals surface area (Å²) in [4.78, 5) is 12.2. The molecule has 0 saturated carbocycles. The van der Waals surface area contributed by atoms with E-state index in [2.05, 4.69) is 202 Å². The van der Waals surface area contributed by atoms with Crippen LogP contribution in [0.1, 0.15) is 0 Å². The molecule has 6 heteroatoms. The molecule has 6 aromatic heterocycles. The third kappa shape index (κ3) is 4.12. The molecule has 6 heterocycles. The summed E-state index contributed by atoms with van der Waals surface area (Å²) in [5, 5.41) is 14.6. The molecule has 0 unspecified atom stereocenters. The molecule has 0 amide bonds. The van der Waals surface area contributed by atoms with Crippen LogP contribution >= 0.6 is 11.3 Å². The summed E-state index contributed by atoms with van der Waals surface area (Å²) in [6.45, 7) is 0. The smallest absolute Gasteiger partial charge is 0.236 e. The van der Waals surface area contributed by atoms with Crippen LogP contribution in [0, 0.1) is 0 Å². The Hall–Kier alpha value is -8.06. The van der Waals surface area contributed by atoms with Gasteiger partial charge in [-0.1, -0.05) is 140 Å². The van der Waals surface area contributed by atoms with Crippen molar-refractivity contribution in [2.45, 2.75) is 0 Å². The molecule has 9 aromatic carbocycles. The van der Waals surface area contributed by atoms with E-state index in [4.69, 9.17) is 9.97 Å². The van der Waals surface area contributed by atoms with Crippen molar-refractivity contribution in [1.29, 1.82) is 0 Å². The highest BCUT2D eigenvalue weighted by Crippen LogP contribution is 2.48. The van der Waals surface area contributed by atoms with E-state index in [0.29, 0.717) is 5.95 Å². The summed E-state index contributed by atoms with van der Waals surface area (Å²) in [5.74, 6) is 0.668. The maximum absolute atomic E-state index is 5.73. The van der Waals surface area contributed by atoms with E-state index >= 15 is 0 Å². The third-order valence-corrected chi connectivity index (χ3v) is 14.4. The molecule has 0 fully saturated rings. The lowest BCUT2D eigenvalue weighted by Gasteiger charge is -2.12. The molecule has 0 spiro atoms. The summed E-state index contributed by atoms with van der Waals surface area (Å²) >= 11 is 1.74. The van der Waals surface area contributed by atoms with Crippen LogP contribution in [0.4, 0.5) is 0 Å². The van der Waals surface area contributed by atoms with Crippen molar-refractivity contribution >= 4 is 124 Å². The first-order valence-electron chi connectivity index (χ1n) is 21.1. The number of hydrogen-bond acceptors (Lipinski definition) is 3. The van der Waals surface area contributed by atoms with Crippen LogP contribution in [0.25, 0.3) is 136 Å². The molecule has 0 atom stereocenters. The Balaban J connectivity index is 1.09. The Kier molecular flexibility index (Phi) is 6.24. The Labute approximate surface area is 356 Å². The molecule has 0 saturated heterocycles. The van der Waals surface area contributed by atoms with Gasteiger partial charge in [-0.3, -0.25) is 4.57 Å². The number of rotatable bonds is 3. The highest BCUT2D eigenvalue weighted by atomic mass is 32.1. The summed E-state index contributed by atoms with van der Waals surface area (Å²) in [6, 6.07) is 68.4. The topological polar surface area (TPSA) is 40.0 Å². The lowest BCUT2D eigenvalue weighted by molar-refractivity contribution is 1.02. The molecule has 15 rings (SSSR count). The Bertz CT molecular complexity index is 4390. The van der Waals surface area contributed by atoms with Crippen LogP contribution in [0.5, 0.6) is 0 Å². The predicted molar refractivity (Wildman–Crippen MR) is 261 cm³/mol. The molecule has 0 aliphatic rings. The van der Waals surface area contributed by atoms with Crippen LogP contribution < -0.4 is 0 Å². The van der Waals surface area contributed by atoms with Gasteiger partial charge in [-0.15, -0.1) is 11.3 Å². The van der Waals surface area contributed by atoms with Crippen LogP contribution in [0.3, 0.4) is 0 Å². The van der Waals surface area contributed by atoms with E-state index in [1.807, 2.05) is 0 Å². The van der Waals surface area contributed by atoms with Gasteiger partial charge in [-0.2, -0.15) is 0 Å². The normalized spacial score (nSPS) is 12.5. The van der Waals surface area contributed by atoms with Gasteiger partial charge in [-0.05, 0) is 53.9 Å². The summed E-state index contributed by atoms with van der Waals surface area (Å²) in [5.41, 5.74) is 11.4. The average molecular weight is 806 g/mol. The Morgan fingerprint density at radius 2 is 1.02 bits per heavy atom. The molecule has 62 heavy (non-hydrogen) atoms. The predicted octanol–water partition coefficient (Wildman–Crippen LogP) is 15.0. The van der Waals surface area contributed by atoms with Gasteiger partial charge in [0.05, 0.1) is 44.3 Å². The number of benzene rings is 9. The molecular weight excluding hydrogens is 775 g/mol. The second kappa shape index (κ2) is 11.8. The monoisotopic (exact) mass is 805 g/mol. The molecule has 0 N–H and O–H groups in total. The minimum Gasteiger partial charge on any atom is -0.309 e. The first-order chi connectivity index (χ1) is 30.8. The van der Waals surface area contributed by atoms with Crippen molar-refractivity contribution in [3.05, 3.63) is 188 Å². The van der Waals surface area contributed by atoms with Crippen molar-refractivity contribution < 1.29 is 0 Å². The molecule has 0 aliphatic heterocycles. The van der Waals surface area contributed by atoms with Gasteiger partial charge >= 0.3 is 0 Å². The van der Waals surface area contributed by atoms with Crippen LogP contribution in [-0.2, 0) is 0 Å². The largest absolute Gasteiger partial charge is 0.309 e. The second-order valence-electron chi connectivity index (χ2n) is 16.5. The summed E-state index contributed by atoms with van der Waals surface area (Å²) < 4.78 is 8.44. The lowest BCUT2D eigenvalue weighted by atomic mass is 10.00. The SMILES string of the molecule is c1ccc(-n2c3ccccc3c3ccc(-c4nc(-n5c6ccccc6c6c7c8ccc9ccccc9c8n8c9ccccc9c(cc65)c78)nc5sc6ccccc6c45)cc32)cc1. The molecule has 5 nitrogen and oxygen atoms in total. The van der Waals surface area contributed by atoms with Crippen LogP contribution in [0.15, 0.2) is 188 Å². The number of para-hydroxylation sites is 4. The van der Waals surface area contributed by atoms with Crippen LogP contribution in [-0.4, -0.2) is 23.5 Å². The van der Waals surface area contributed by atoms with Crippen molar-refractivity contribution in [3.63, 3.8) is 0 Å². The average Bonchev–Trinajstić information content (AvgIpc) is 4.13. The van der Waals surface area contributed by atoms with Crippen LogP contribution in [0.2, 0.25) is 0 Å². The zero-order valence-electron chi connectivity index (χ0n) is 33.0. The Morgan fingerprint density at radius 3 is 1.85 bits per heavy atom. The second-order valence-corrected chi connectivity index (χ2v) is 17.5. The number of fused-ring (bicyclic) bond motifs is 18. The highest BCUT2D eigenvalue weighted by Gasteiger charge is 2.27. The van der Waals surface area contributed by atoms with Gasteiger partial charge in [-0.25, -0.2) is 9.97 Å². The molecule has 286 valence electrons. The van der Waals surface area contributed by atoms with Crippen molar-refractivity contribution in [2.75, 3.05) is 0 Å². The van der Waals surface area contributed by atoms with Gasteiger partial charge < -0.3 is 8.97 Å². The molecule has 15 aromatic rings. The van der Waals surface area contributed by atoms with Crippen molar-refractivity contribution in [1.82, 2.24) is 23.5 Å². The van der Waals surface area contributed by atoms with Gasteiger partial charge in [0, 0.05) is 75.2 Å². The van der Waals surface area contributed by atoms with Crippen molar-refractivity contribution in [2.24, 2.45) is 0 Å². The van der Waals surface area contributed by atoms with E-state index in [1.54, 1.807) is 11.3 Å². The fraction of sp³-hybridized carbons (Fsp3) is 0. The first-order valence-corrected chi connectivity index (χ1v) is 21.9. The standard InChI is InChI=1S/C56H31N5S/c1-2-15-34(16-3-1)59-43-22-10-6-18-36(43)38-28-27-33(30-46(38)59)52-51-40-21-9-13-25-48(40)62-55(51)58-56(57-52)60-45-24-12-8-20-39(45)49-47(60)31-42-37-19-7-11-23-44(37)61-53-35-17-5-4-14-32(35)26-29-41(53)50(49)54(42)61/h1-31H. The van der Waals surface area contributed by atoms with Gasteiger partial charge in [0.1, 0.15) is 4.83 Å². The minimum absolute atomic E-state index is 0.668. The van der Waals surface area contributed by atoms with Gasteiger partial charge in [0.15, 0.2) is 0 Å². The quantitative estimate of drug-likeness (QED) is 0.178. The maximum atomic E-state index is 5.73. The Morgan fingerprint density at radius 1 is 0.371 bits per heavy atom. The van der Waals surface area contributed by atoms with Gasteiger partial charge in [0.25, 0.3) is 0 Å². The van der Waals surface area contributed by atoms with Crippen molar-refractivity contribution in [3.8, 4) is 22.9 Å². The zero-order valence-corrected chi connectivity index (χ0v) is 33.9. The summed E-state index contributed by atoms with van der Waals surface area (Å²) in [6.07, 6.45) is 0. The number of nitrogens with zero attached hydrogens (tertiary/aromatic N) is 5. The van der Waals surface area contributed by atoms with E-state index in [9.17, 15) is 0 Å². The highest BCUT2D eigenvalue weighted by molar-refractivity contribution is 7.25. The fourth-order valence-electron chi connectivity index (χ4n) is 10.9. The number of thiophene rings is 1. The van der Waals surface area contributed by atoms with E-state index in [1.165, 1.54) is 86.0 Å². The molecule has 0 bridgehead atoms. The zero-order chi connectivity index (χ0) is 40.2. The number of aromatic nitrogens is 5. The number of hydrogen-bond donors (Lipinski definition) is 0.